The standard InChI is InChI=1S/C28H34N2O5/c1-27(2,3)23(24(31)32)30-25(33)28(4)15-9-14-22(28)29-26(34)35-16-21-19-12-7-5-10-17(19)18-11-6-8-13-20(18)21/h5-8,10-13,21-23H,9,14-16H2,1-4H3,(H,29,34)(H,30,33)(H,31,32)/t22?,23-,28?/m0/s1. The molecule has 2 aromatic rings. The second-order valence-corrected chi connectivity index (χ2v) is 10.9. The lowest BCUT2D eigenvalue weighted by Gasteiger charge is -2.35. The van der Waals surface area contributed by atoms with Gasteiger partial charge in [0.25, 0.3) is 0 Å². The van der Waals surface area contributed by atoms with Crippen LogP contribution in [0.5, 0.6) is 0 Å². The second-order valence-electron chi connectivity index (χ2n) is 10.9. The van der Waals surface area contributed by atoms with Crippen molar-refractivity contribution in [2.75, 3.05) is 6.61 Å². The Morgan fingerprint density at radius 1 is 1.06 bits per heavy atom. The largest absolute Gasteiger partial charge is 0.480 e. The predicted octanol–water partition coefficient (Wildman–Crippen LogP) is 4.70. The Morgan fingerprint density at radius 3 is 2.17 bits per heavy atom. The van der Waals surface area contributed by atoms with Gasteiger partial charge in [0.2, 0.25) is 5.91 Å². The highest BCUT2D eigenvalue weighted by Crippen LogP contribution is 2.44. The van der Waals surface area contributed by atoms with Crippen molar-refractivity contribution in [3.8, 4) is 11.1 Å². The van der Waals surface area contributed by atoms with Gasteiger partial charge in [-0.05, 0) is 47.4 Å². The van der Waals surface area contributed by atoms with Crippen LogP contribution in [0.1, 0.15) is 64.0 Å². The van der Waals surface area contributed by atoms with Crippen LogP contribution in [0.25, 0.3) is 11.1 Å². The van der Waals surface area contributed by atoms with Gasteiger partial charge in [0.15, 0.2) is 0 Å². The van der Waals surface area contributed by atoms with Crippen LogP contribution < -0.4 is 10.6 Å². The van der Waals surface area contributed by atoms with Crippen molar-refractivity contribution in [2.24, 2.45) is 10.8 Å². The number of carboxylic acids is 1. The number of hydrogen-bond donors (Lipinski definition) is 3. The topological polar surface area (TPSA) is 105 Å². The lowest BCUT2D eigenvalue weighted by molar-refractivity contribution is -0.147. The van der Waals surface area contributed by atoms with Crippen molar-refractivity contribution in [3.05, 3.63) is 59.7 Å². The molecule has 3 N–H and O–H groups in total. The van der Waals surface area contributed by atoms with E-state index in [4.69, 9.17) is 4.74 Å². The molecule has 35 heavy (non-hydrogen) atoms. The number of carbonyl (C=O) groups is 3. The number of carbonyl (C=O) groups excluding carboxylic acids is 2. The van der Waals surface area contributed by atoms with E-state index in [1.54, 1.807) is 27.7 Å². The molecule has 0 bridgehead atoms. The Morgan fingerprint density at radius 2 is 1.63 bits per heavy atom. The van der Waals surface area contributed by atoms with E-state index in [1.165, 1.54) is 0 Å². The average molecular weight is 479 g/mol. The molecule has 2 aromatic carbocycles. The fraction of sp³-hybridized carbons (Fsp3) is 0.464. The summed E-state index contributed by atoms with van der Waals surface area (Å²) in [4.78, 5) is 37.8. The van der Waals surface area contributed by atoms with E-state index in [2.05, 4.69) is 34.9 Å². The van der Waals surface area contributed by atoms with Crippen molar-refractivity contribution >= 4 is 18.0 Å². The van der Waals surface area contributed by atoms with Crippen LogP contribution in [-0.2, 0) is 14.3 Å². The Hall–Kier alpha value is -3.35. The lowest BCUT2D eigenvalue weighted by Crippen LogP contribution is -2.57. The van der Waals surface area contributed by atoms with Crippen molar-refractivity contribution < 1.29 is 24.2 Å². The molecule has 2 aliphatic carbocycles. The third-order valence-electron chi connectivity index (χ3n) is 7.50. The quantitative estimate of drug-likeness (QED) is 0.558. The second kappa shape index (κ2) is 9.36. The van der Waals surface area contributed by atoms with Gasteiger partial charge in [-0.2, -0.15) is 0 Å². The molecule has 2 unspecified atom stereocenters. The summed E-state index contributed by atoms with van der Waals surface area (Å²) in [6.45, 7) is 7.30. The van der Waals surface area contributed by atoms with Crippen LogP contribution in [0.4, 0.5) is 4.79 Å². The molecule has 0 spiro atoms. The molecule has 2 amide bonds. The van der Waals surface area contributed by atoms with E-state index in [0.717, 1.165) is 28.7 Å². The van der Waals surface area contributed by atoms with Crippen molar-refractivity contribution in [1.29, 1.82) is 0 Å². The molecule has 0 heterocycles. The smallest absolute Gasteiger partial charge is 0.407 e. The lowest BCUT2D eigenvalue weighted by atomic mass is 9.81. The average Bonchev–Trinajstić information content (AvgIpc) is 3.33. The first-order chi connectivity index (χ1) is 16.5. The van der Waals surface area contributed by atoms with Gasteiger partial charge in [-0.1, -0.05) is 75.7 Å². The number of alkyl carbamates (subject to hydrolysis) is 1. The van der Waals surface area contributed by atoms with Gasteiger partial charge in [-0.3, -0.25) is 4.79 Å². The first-order valence-electron chi connectivity index (χ1n) is 12.2. The number of carboxylic acid groups (broad SMARTS) is 1. The molecule has 7 heteroatoms. The number of nitrogens with one attached hydrogen (secondary N) is 2. The van der Waals surface area contributed by atoms with Gasteiger partial charge in [0, 0.05) is 12.0 Å². The fourth-order valence-corrected chi connectivity index (χ4v) is 5.40. The van der Waals surface area contributed by atoms with Crippen LogP contribution in [0.15, 0.2) is 48.5 Å². The Bertz CT molecular complexity index is 1090. The van der Waals surface area contributed by atoms with Crippen molar-refractivity contribution in [3.63, 3.8) is 0 Å². The number of fused-ring (bicyclic) bond motifs is 3. The number of amides is 2. The molecule has 4 rings (SSSR count). The van der Waals surface area contributed by atoms with Crippen LogP contribution in [0, 0.1) is 10.8 Å². The van der Waals surface area contributed by atoms with E-state index in [1.807, 2.05) is 24.3 Å². The molecule has 186 valence electrons. The summed E-state index contributed by atoms with van der Waals surface area (Å²) in [6.07, 6.45) is 1.37. The summed E-state index contributed by atoms with van der Waals surface area (Å²) < 4.78 is 5.67. The third kappa shape index (κ3) is 4.77. The minimum absolute atomic E-state index is 0.0467. The molecule has 2 aliphatic rings. The third-order valence-corrected chi connectivity index (χ3v) is 7.50. The fourth-order valence-electron chi connectivity index (χ4n) is 5.40. The van der Waals surface area contributed by atoms with E-state index >= 15 is 0 Å². The summed E-state index contributed by atoms with van der Waals surface area (Å²) in [5.74, 6) is -1.48. The molecule has 7 nitrogen and oxygen atoms in total. The van der Waals surface area contributed by atoms with Crippen LogP contribution in [-0.4, -0.2) is 41.8 Å². The zero-order valence-electron chi connectivity index (χ0n) is 20.8. The highest BCUT2D eigenvalue weighted by molar-refractivity contribution is 5.89. The SMILES string of the molecule is CC1(C(=O)N[C@@H](C(=O)O)C(C)(C)C)CCCC1NC(=O)OCC1c2ccccc2-c2ccccc21. The first kappa shape index (κ1) is 24.8. The van der Waals surface area contributed by atoms with Crippen molar-refractivity contribution in [1.82, 2.24) is 10.6 Å². The number of ether oxygens (including phenoxy) is 1. The number of aliphatic carboxylic acids is 1. The molecular formula is C28H34N2O5. The van der Waals surface area contributed by atoms with Gasteiger partial charge in [-0.25, -0.2) is 9.59 Å². The highest BCUT2D eigenvalue weighted by atomic mass is 16.5. The van der Waals surface area contributed by atoms with E-state index in [0.29, 0.717) is 12.8 Å². The Kier molecular flexibility index (Phi) is 6.62. The molecule has 0 aliphatic heterocycles. The van der Waals surface area contributed by atoms with Gasteiger partial charge < -0.3 is 20.5 Å². The van der Waals surface area contributed by atoms with Crippen LogP contribution in [0.2, 0.25) is 0 Å². The molecule has 0 radical (unpaired) electrons. The molecule has 0 saturated heterocycles. The monoisotopic (exact) mass is 478 g/mol. The van der Waals surface area contributed by atoms with Gasteiger partial charge >= 0.3 is 12.1 Å². The molecule has 3 atom stereocenters. The van der Waals surface area contributed by atoms with Crippen LogP contribution in [0.3, 0.4) is 0 Å². The van der Waals surface area contributed by atoms with Gasteiger partial charge in [0.05, 0.1) is 5.41 Å². The summed E-state index contributed by atoms with van der Waals surface area (Å²) in [7, 11) is 0. The van der Waals surface area contributed by atoms with E-state index in [-0.39, 0.29) is 18.4 Å². The molecular weight excluding hydrogens is 444 g/mol. The maximum Gasteiger partial charge on any atom is 0.407 e. The maximum atomic E-state index is 13.2. The van der Waals surface area contributed by atoms with Crippen molar-refractivity contribution in [2.45, 2.75) is 65.0 Å². The number of rotatable bonds is 6. The zero-order valence-corrected chi connectivity index (χ0v) is 20.8. The maximum absolute atomic E-state index is 13.2. The zero-order chi connectivity index (χ0) is 25.4. The summed E-state index contributed by atoms with van der Waals surface area (Å²) >= 11 is 0. The van der Waals surface area contributed by atoms with Gasteiger partial charge in [-0.15, -0.1) is 0 Å². The minimum Gasteiger partial charge on any atom is -0.480 e. The highest BCUT2D eigenvalue weighted by Gasteiger charge is 2.48. The Labute approximate surface area is 206 Å². The number of hydrogen-bond acceptors (Lipinski definition) is 4. The van der Waals surface area contributed by atoms with E-state index < -0.39 is 35.0 Å². The van der Waals surface area contributed by atoms with Gasteiger partial charge in [0.1, 0.15) is 12.6 Å². The predicted molar refractivity (Wildman–Crippen MR) is 133 cm³/mol. The first-order valence-corrected chi connectivity index (χ1v) is 12.2. The molecule has 0 aromatic heterocycles. The Balaban J connectivity index is 1.42. The number of benzene rings is 2. The molecule has 1 saturated carbocycles. The van der Waals surface area contributed by atoms with Crippen LogP contribution >= 0.6 is 0 Å². The summed E-state index contributed by atoms with van der Waals surface area (Å²) in [5, 5.41) is 15.2. The van der Waals surface area contributed by atoms with E-state index in [9.17, 15) is 19.5 Å². The summed E-state index contributed by atoms with van der Waals surface area (Å²) in [6, 6.07) is 14.8. The summed E-state index contributed by atoms with van der Waals surface area (Å²) in [5.41, 5.74) is 3.02. The molecule has 1 fully saturated rings. The minimum atomic E-state index is -1.08. The normalized spacial score (nSPS) is 22.1.